The largest absolute Gasteiger partial charge is 0.462 e. The van der Waals surface area contributed by atoms with Gasteiger partial charge >= 0.3 is 5.97 Å². The van der Waals surface area contributed by atoms with Crippen LogP contribution in [-0.2, 0) is 18.3 Å². The van der Waals surface area contributed by atoms with Crippen LogP contribution in [0.15, 0.2) is 54.9 Å². The fraction of sp³-hybridized carbons (Fsp3) is 0.174. The molecule has 0 aliphatic rings. The zero-order valence-corrected chi connectivity index (χ0v) is 16.4. The number of aromatic nitrogens is 2. The first-order valence-corrected chi connectivity index (χ1v) is 9.49. The maximum Gasteiger partial charge on any atom is 0.340 e. The number of pyridine rings is 1. The van der Waals surface area contributed by atoms with E-state index in [0.717, 1.165) is 44.8 Å². The highest BCUT2D eigenvalue weighted by Gasteiger charge is 2.22. The molecule has 6 nitrogen and oxygen atoms in total. The number of nitrogens with one attached hydrogen (secondary N) is 2. The third-order valence-electron chi connectivity index (χ3n) is 5.15. The number of rotatable bonds is 6. The monoisotopic (exact) mass is 386 g/mol. The van der Waals surface area contributed by atoms with Gasteiger partial charge in [0.15, 0.2) is 0 Å². The molecule has 29 heavy (non-hydrogen) atoms. The molecule has 0 amide bonds. The summed E-state index contributed by atoms with van der Waals surface area (Å²) >= 11 is 0. The number of carbonyl (C=O) groups is 1. The van der Waals surface area contributed by atoms with Gasteiger partial charge in [-0.25, -0.2) is 4.79 Å². The van der Waals surface area contributed by atoms with Crippen LogP contribution in [0.5, 0.6) is 0 Å². The maximum atomic E-state index is 12.7. The Morgan fingerprint density at radius 3 is 2.83 bits per heavy atom. The molecule has 6 heteroatoms. The topological polar surface area (TPSA) is 80.0 Å². The van der Waals surface area contributed by atoms with Gasteiger partial charge in [-0.3, -0.25) is 10.4 Å². The van der Waals surface area contributed by atoms with Crippen LogP contribution < -0.4 is 5.32 Å². The minimum absolute atomic E-state index is 0.312. The number of carbonyl (C=O) groups excluding carboxylic acids is 1. The molecule has 0 saturated heterocycles. The highest BCUT2D eigenvalue weighted by Crippen LogP contribution is 2.33. The summed E-state index contributed by atoms with van der Waals surface area (Å²) in [4.78, 5) is 17.0. The predicted octanol–water partition coefficient (Wildman–Crippen LogP) is 4.27. The quantitative estimate of drug-likeness (QED) is 0.295. The van der Waals surface area contributed by atoms with Crippen LogP contribution in [0.2, 0.25) is 0 Å². The first kappa shape index (κ1) is 18.7. The highest BCUT2D eigenvalue weighted by atomic mass is 16.5. The van der Waals surface area contributed by atoms with E-state index in [1.807, 2.05) is 54.3 Å². The number of ether oxygens (including phenoxy) is 1. The van der Waals surface area contributed by atoms with Crippen LogP contribution in [0.1, 0.15) is 23.0 Å². The van der Waals surface area contributed by atoms with Crippen molar-refractivity contribution in [1.29, 1.82) is 5.41 Å². The molecule has 2 N–H and O–H groups in total. The van der Waals surface area contributed by atoms with E-state index in [2.05, 4.69) is 22.4 Å². The Labute approximate surface area is 168 Å². The summed E-state index contributed by atoms with van der Waals surface area (Å²) in [6.45, 7) is 2.48. The maximum absolute atomic E-state index is 12.7. The van der Waals surface area contributed by atoms with E-state index in [4.69, 9.17) is 10.1 Å². The van der Waals surface area contributed by atoms with Crippen LogP contribution in [-0.4, -0.2) is 28.5 Å². The molecule has 4 rings (SSSR count). The van der Waals surface area contributed by atoms with Crippen molar-refractivity contribution in [2.75, 3.05) is 6.61 Å². The van der Waals surface area contributed by atoms with Crippen molar-refractivity contribution < 1.29 is 9.53 Å². The molecule has 146 valence electrons. The molecule has 0 aliphatic heterocycles. The van der Waals surface area contributed by atoms with Crippen molar-refractivity contribution in [3.05, 3.63) is 66.1 Å². The molecule has 0 saturated carbocycles. The van der Waals surface area contributed by atoms with Crippen LogP contribution in [0.25, 0.3) is 32.8 Å². The van der Waals surface area contributed by atoms with Gasteiger partial charge in [0.25, 0.3) is 0 Å². The minimum atomic E-state index is -0.348. The number of hydrogen-bond donors (Lipinski definition) is 2. The molecule has 0 fully saturated rings. The third-order valence-corrected chi connectivity index (χ3v) is 5.15. The first-order valence-electron chi connectivity index (χ1n) is 9.49. The molecule has 0 bridgehead atoms. The molecule has 2 heterocycles. The average Bonchev–Trinajstić information content (AvgIpc) is 3.03. The molecule has 0 radical (unpaired) electrons. The second-order valence-corrected chi connectivity index (χ2v) is 6.77. The zero-order valence-electron chi connectivity index (χ0n) is 16.4. The SMILES string of the molecule is CCOC(=O)c1c(CNC=N)n(C)c2cc(-c3cncc4ccccc34)ccc12. The first-order chi connectivity index (χ1) is 14.2. The number of hydrogen-bond acceptors (Lipinski definition) is 4. The molecule has 4 aromatic rings. The summed E-state index contributed by atoms with van der Waals surface area (Å²) in [5.74, 6) is -0.348. The second kappa shape index (κ2) is 7.75. The van der Waals surface area contributed by atoms with E-state index in [9.17, 15) is 4.79 Å². The lowest BCUT2D eigenvalue weighted by atomic mass is 9.99. The standard InChI is InChI=1S/C23H22N4O2/c1-3-29-23(28)22-18-9-8-15(10-20(18)27(2)21(22)13-26-14-24)19-12-25-11-16-6-4-5-7-17(16)19/h4-12,14H,3,13H2,1-2H3,(H2,24,26). The predicted molar refractivity (Wildman–Crippen MR) is 115 cm³/mol. The zero-order chi connectivity index (χ0) is 20.4. The van der Waals surface area contributed by atoms with Crippen LogP contribution in [0, 0.1) is 5.41 Å². The minimum Gasteiger partial charge on any atom is -0.462 e. The molecule has 0 unspecified atom stereocenters. The van der Waals surface area contributed by atoms with Gasteiger partial charge in [0.2, 0.25) is 0 Å². The number of benzene rings is 2. The lowest BCUT2D eigenvalue weighted by Crippen LogP contribution is -2.16. The van der Waals surface area contributed by atoms with Crippen molar-refractivity contribution in [2.45, 2.75) is 13.5 Å². The summed E-state index contributed by atoms with van der Waals surface area (Å²) < 4.78 is 7.28. The van der Waals surface area contributed by atoms with E-state index in [1.54, 1.807) is 6.92 Å². The van der Waals surface area contributed by atoms with Crippen LogP contribution in [0.3, 0.4) is 0 Å². The Bertz CT molecular complexity index is 1220. The van der Waals surface area contributed by atoms with Crippen molar-refractivity contribution in [3.63, 3.8) is 0 Å². The highest BCUT2D eigenvalue weighted by molar-refractivity contribution is 6.07. The van der Waals surface area contributed by atoms with Gasteiger partial charge in [-0.2, -0.15) is 0 Å². The van der Waals surface area contributed by atoms with Crippen LogP contribution in [0.4, 0.5) is 0 Å². The molecule has 0 aliphatic carbocycles. The van der Waals surface area contributed by atoms with Crippen molar-refractivity contribution in [3.8, 4) is 11.1 Å². The number of nitrogens with zero attached hydrogens (tertiary/aromatic N) is 2. The Balaban J connectivity index is 1.93. The van der Waals surface area contributed by atoms with Gasteiger partial charge in [0.1, 0.15) is 0 Å². The Morgan fingerprint density at radius 2 is 2.03 bits per heavy atom. The summed E-state index contributed by atoms with van der Waals surface area (Å²) in [5.41, 5.74) is 4.34. The van der Waals surface area contributed by atoms with Gasteiger partial charge in [0, 0.05) is 41.3 Å². The Hall–Kier alpha value is -3.67. The Morgan fingerprint density at radius 1 is 1.21 bits per heavy atom. The van der Waals surface area contributed by atoms with Gasteiger partial charge in [-0.1, -0.05) is 36.4 Å². The summed E-state index contributed by atoms with van der Waals surface area (Å²) in [6, 6.07) is 14.2. The van der Waals surface area contributed by atoms with Crippen molar-refractivity contribution >= 4 is 34.0 Å². The second-order valence-electron chi connectivity index (χ2n) is 6.77. The normalized spacial score (nSPS) is 11.0. The smallest absolute Gasteiger partial charge is 0.340 e. The van der Waals surface area contributed by atoms with E-state index < -0.39 is 0 Å². The Kier molecular flexibility index (Phi) is 4.99. The molecule has 2 aromatic carbocycles. The molecular formula is C23H22N4O2. The van der Waals surface area contributed by atoms with E-state index in [1.165, 1.54) is 0 Å². The summed E-state index contributed by atoms with van der Waals surface area (Å²) in [7, 11) is 1.93. The van der Waals surface area contributed by atoms with Gasteiger partial charge in [-0.05, 0) is 23.9 Å². The lowest BCUT2D eigenvalue weighted by molar-refractivity contribution is 0.0527. The molecule has 0 spiro atoms. The van der Waals surface area contributed by atoms with Crippen LogP contribution >= 0.6 is 0 Å². The number of aryl methyl sites for hydroxylation is 1. The fourth-order valence-electron chi connectivity index (χ4n) is 3.79. The van der Waals surface area contributed by atoms with E-state index in [-0.39, 0.29) is 5.97 Å². The third kappa shape index (κ3) is 3.23. The average molecular weight is 386 g/mol. The fourth-order valence-corrected chi connectivity index (χ4v) is 3.79. The summed E-state index contributed by atoms with van der Waals surface area (Å²) in [6.07, 6.45) is 4.86. The lowest BCUT2D eigenvalue weighted by Gasteiger charge is -2.08. The van der Waals surface area contributed by atoms with E-state index in [0.29, 0.717) is 18.7 Å². The molecular weight excluding hydrogens is 364 g/mol. The summed E-state index contributed by atoms with van der Waals surface area (Å²) in [5, 5.41) is 13.2. The number of fused-ring (bicyclic) bond motifs is 2. The van der Waals surface area contributed by atoms with Gasteiger partial charge in [-0.15, -0.1) is 0 Å². The van der Waals surface area contributed by atoms with Crippen molar-refractivity contribution in [1.82, 2.24) is 14.9 Å². The van der Waals surface area contributed by atoms with E-state index >= 15 is 0 Å². The number of esters is 1. The van der Waals surface area contributed by atoms with Gasteiger partial charge in [0.05, 0.1) is 30.7 Å². The van der Waals surface area contributed by atoms with Crippen molar-refractivity contribution in [2.24, 2.45) is 7.05 Å². The van der Waals surface area contributed by atoms with Gasteiger partial charge < -0.3 is 14.6 Å². The molecule has 2 aromatic heterocycles. The molecule has 0 atom stereocenters.